The van der Waals surface area contributed by atoms with Gasteiger partial charge in [0.1, 0.15) is 5.76 Å². The van der Waals surface area contributed by atoms with E-state index in [-0.39, 0.29) is 0 Å². The van der Waals surface area contributed by atoms with Gasteiger partial charge >= 0.3 is 0 Å². The average Bonchev–Trinajstić information content (AvgIpc) is 3.10. The van der Waals surface area contributed by atoms with Crippen molar-refractivity contribution in [3.05, 3.63) is 23.7 Å². The average molecular weight is 249 g/mol. The van der Waals surface area contributed by atoms with E-state index in [0.717, 1.165) is 51.1 Å². The fourth-order valence-corrected chi connectivity index (χ4v) is 2.38. The van der Waals surface area contributed by atoms with Gasteiger partial charge in [0.15, 0.2) is 0 Å². The monoisotopic (exact) mass is 249 g/mol. The minimum absolute atomic E-state index is 0.765. The van der Waals surface area contributed by atoms with E-state index in [9.17, 15) is 0 Å². The highest BCUT2D eigenvalue weighted by Gasteiger charge is 2.20. The molecule has 1 aromatic rings. The zero-order valence-corrected chi connectivity index (χ0v) is 11.2. The number of nitrogens with one attached hydrogen (secondary N) is 1. The highest BCUT2D eigenvalue weighted by Crippen LogP contribution is 2.20. The second kappa shape index (κ2) is 5.43. The zero-order valence-electron chi connectivity index (χ0n) is 11.2. The Morgan fingerprint density at radius 3 is 2.78 bits per heavy atom. The van der Waals surface area contributed by atoms with Crippen LogP contribution < -0.4 is 5.32 Å². The van der Waals surface area contributed by atoms with Crippen LogP contribution in [0.1, 0.15) is 24.2 Å². The molecule has 1 N–H and O–H groups in total. The van der Waals surface area contributed by atoms with Crippen LogP contribution in [-0.4, -0.2) is 49.1 Å². The van der Waals surface area contributed by atoms with Crippen molar-refractivity contribution in [1.82, 2.24) is 15.1 Å². The minimum atomic E-state index is 0.765. The van der Waals surface area contributed by atoms with Crippen LogP contribution in [0.3, 0.4) is 0 Å². The molecule has 4 heteroatoms. The number of hydrogen-bond donors (Lipinski definition) is 1. The second-order valence-corrected chi connectivity index (χ2v) is 5.66. The van der Waals surface area contributed by atoms with Gasteiger partial charge in [0.2, 0.25) is 0 Å². The first-order valence-corrected chi connectivity index (χ1v) is 7.00. The molecular weight excluding hydrogens is 226 g/mol. The van der Waals surface area contributed by atoms with Gasteiger partial charge in [-0.25, -0.2) is 0 Å². The lowest BCUT2D eigenvalue weighted by atomic mass is 10.2. The molecule has 18 heavy (non-hydrogen) atoms. The van der Waals surface area contributed by atoms with E-state index in [1.165, 1.54) is 18.4 Å². The number of likely N-dealkylation sites (N-methyl/N-ethyl adjacent to an activating group) is 1. The van der Waals surface area contributed by atoms with E-state index in [0.29, 0.717) is 0 Å². The molecule has 1 saturated heterocycles. The van der Waals surface area contributed by atoms with Crippen LogP contribution in [0.4, 0.5) is 0 Å². The third kappa shape index (κ3) is 3.34. The van der Waals surface area contributed by atoms with Crippen molar-refractivity contribution >= 4 is 0 Å². The summed E-state index contributed by atoms with van der Waals surface area (Å²) in [5.41, 5.74) is 1.28. The van der Waals surface area contributed by atoms with Gasteiger partial charge in [-0.2, -0.15) is 0 Å². The maximum Gasteiger partial charge on any atom is 0.118 e. The smallest absolute Gasteiger partial charge is 0.118 e. The first kappa shape index (κ1) is 12.2. The van der Waals surface area contributed by atoms with Gasteiger partial charge in [-0.1, -0.05) is 0 Å². The number of hydrogen-bond acceptors (Lipinski definition) is 4. The van der Waals surface area contributed by atoms with Crippen LogP contribution in [0.25, 0.3) is 0 Å². The molecule has 0 unspecified atom stereocenters. The largest absolute Gasteiger partial charge is 0.468 e. The number of piperazine rings is 1. The van der Waals surface area contributed by atoms with E-state index in [4.69, 9.17) is 4.42 Å². The van der Waals surface area contributed by atoms with Crippen molar-refractivity contribution < 1.29 is 4.42 Å². The van der Waals surface area contributed by atoms with Gasteiger partial charge in [-0.3, -0.25) is 4.90 Å². The van der Waals surface area contributed by atoms with Gasteiger partial charge in [0.05, 0.1) is 12.8 Å². The molecule has 4 nitrogen and oxygen atoms in total. The Kier molecular flexibility index (Phi) is 3.68. The summed E-state index contributed by atoms with van der Waals surface area (Å²) in [6.07, 6.45) is 4.58. The van der Waals surface area contributed by atoms with Gasteiger partial charge in [-0.15, -0.1) is 0 Å². The highest BCUT2D eigenvalue weighted by atomic mass is 16.3. The van der Waals surface area contributed by atoms with E-state index >= 15 is 0 Å². The molecule has 0 aromatic carbocycles. The van der Waals surface area contributed by atoms with Crippen LogP contribution in [0.5, 0.6) is 0 Å². The van der Waals surface area contributed by atoms with E-state index in [2.05, 4.69) is 28.2 Å². The van der Waals surface area contributed by atoms with Crippen LogP contribution in [0.15, 0.2) is 16.7 Å². The SMILES string of the molecule is CN1CCN(Cc2cc(CNC3CC3)co2)CC1. The van der Waals surface area contributed by atoms with Gasteiger partial charge in [0.25, 0.3) is 0 Å². The topological polar surface area (TPSA) is 31.6 Å². The van der Waals surface area contributed by atoms with E-state index in [1.54, 1.807) is 0 Å². The number of furan rings is 1. The zero-order chi connectivity index (χ0) is 12.4. The maximum atomic E-state index is 5.65. The van der Waals surface area contributed by atoms with Crippen molar-refractivity contribution in [1.29, 1.82) is 0 Å². The molecule has 3 rings (SSSR count). The molecular formula is C14H23N3O. The summed E-state index contributed by atoms with van der Waals surface area (Å²) in [6, 6.07) is 2.97. The fourth-order valence-electron chi connectivity index (χ4n) is 2.38. The highest BCUT2D eigenvalue weighted by molar-refractivity contribution is 5.13. The molecule has 2 fully saturated rings. The summed E-state index contributed by atoms with van der Waals surface area (Å²) < 4.78 is 5.65. The summed E-state index contributed by atoms with van der Waals surface area (Å²) in [5.74, 6) is 1.10. The molecule has 0 spiro atoms. The van der Waals surface area contributed by atoms with Gasteiger partial charge in [-0.05, 0) is 26.0 Å². The number of rotatable bonds is 5. The molecule has 1 aliphatic heterocycles. The Labute approximate surface area is 109 Å². The molecule has 0 radical (unpaired) electrons. The molecule has 1 aromatic heterocycles. The summed E-state index contributed by atoms with van der Waals surface area (Å²) >= 11 is 0. The Bertz CT molecular complexity index is 378. The van der Waals surface area contributed by atoms with Crippen LogP contribution in [0, 0.1) is 0 Å². The first-order valence-electron chi connectivity index (χ1n) is 7.00. The lowest BCUT2D eigenvalue weighted by molar-refractivity contribution is 0.140. The minimum Gasteiger partial charge on any atom is -0.468 e. The molecule has 0 bridgehead atoms. The lowest BCUT2D eigenvalue weighted by Gasteiger charge is -2.31. The van der Waals surface area contributed by atoms with Crippen molar-refractivity contribution in [3.8, 4) is 0 Å². The van der Waals surface area contributed by atoms with Crippen molar-refractivity contribution in [2.45, 2.75) is 32.0 Å². The Hall–Kier alpha value is -0.840. The number of nitrogens with zero attached hydrogens (tertiary/aromatic N) is 2. The Balaban J connectivity index is 1.46. The van der Waals surface area contributed by atoms with Crippen molar-refractivity contribution in [3.63, 3.8) is 0 Å². The van der Waals surface area contributed by atoms with E-state index in [1.807, 2.05) is 6.26 Å². The lowest BCUT2D eigenvalue weighted by Crippen LogP contribution is -2.43. The molecule has 1 aliphatic carbocycles. The molecule has 100 valence electrons. The summed E-state index contributed by atoms with van der Waals surface area (Å²) in [6.45, 7) is 6.53. The summed E-state index contributed by atoms with van der Waals surface area (Å²) in [5, 5.41) is 3.52. The predicted octanol–water partition coefficient (Wildman–Crippen LogP) is 1.28. The van der Waals surface area contributed by atoms with Crippen LogP contribution >= 0.6 is 0 Å². The van der Waals surface area contributed by atoms with Crippen LogP contribution in [-0.2, 0) is 13.1 Å². The standard InChI is InChI=1S/C14H23N3O/c1-16-4-6-17(7-5-16)10-14-8-12(11-18-14)9-15-13-2-3-13/h8,11,13,15H,2-7,9-10H2,1H3. The maximum absolute atomic E-state index is 5.65. The van der Waals surface area contributed by atoms with Gasteiger partial charge < -0.3 is 14.6 Å². The molecule has 0 amide bonds. The normalized spacial score (nSPS) is 22.5. The van der Waals surface area contributed by atoms with Gasteiger partial charge in [0, 0.05) is 44.3 Å². The fraction of sp³-hybridized carbons (Fsp3) is 0.714. The second-order valence-electron chi connectivity index (χ2n) is 5.66. The summed E-state index contributed by atoms with van der Waals surface area (Å²) in [4.78, 5) is 4.85. The quantitative estimate of drug-likeness (QED) is 0.852. The molecule has 2 heterocycles. The van der Waals surface area contributed by atoms with E-state index < -0.39 is 0 Å². The Morgan fingerprint density at radius 2 is 2.06 bits per heavy atom. The summed E-state index contributed by atoms with van der Waals surface area (Å²) in [7, 11) is 2.19. The molecule has 0 atom stereocenters. The molecule has 1 saturated carbocycles. The molecule has 2 aliphatic rings. The third-order valence-electron chi connectivity index (χ3n) is 3.86. The van der Waals surface area contributed by atoms with Crippen molar-refractivity contribution in [2.24, 2.45) is 0 Å². The Morgan fingerprint density at radius 1 is 1.28 bits per heavy atom. The van der Waals surface area contributed by atoms with Crippen molar-refractivity contribution in [2.75, 3.05) is 33.2 Å². The third-order valence-corrected chi connectivity index (χ3v) is 3.86. The van der Waals surface area contributed by atoms with Crippen LogP contribution in [0.2, 0.25) is 0 Å². The predicted molar refractivity (Wildman–Crippen MR) is 71.3 cm³/mol. The first-order chi connectivity index (χ1) is 8.79.